The van der Waals surface area contributed by atoms with Gasteiger partial charge in [0.2, 0.25) is 0 Å². The molecule has 178 valence electrons. The number of thiocarbonyl (C=S) groups is 2. The van der Waals surface area contributed by atoms with Gasteiger partial charge < -0.3 is 15.9 Å². The monoisotopic (exact) mass is 546 g/mol. The van der Waals surface area contributed by atoms with Crippen molar-refractivity contribution in [2.45, 2.75) is 0 Å². The zero-order valence-electron chi connectivity index (χ0n) is 19.1. The van der Waals surface area contributed by atoms with Crippen molar-refractivity contribution in [3.63, 3.8) is 0 Å². The molecule has 0 saturated carbocycles. The van der Waals surface area contributed by atoms with Gasteiger partial charge in [-0.1, -0.05) is 97.1 Å². The standard InChI is InChI=1S/C29H19NOS.CH3NOS.K.H/c31-29(32)30(27-13-5-11-23-21-9-3-1-7-19(21)15-17-25(23)27)28-14-6-12-24-22-10-4-2-8-20(22)16-18-26(24)28;2-1(3)4;;/h1-18H,(H,31,32);(H3,2,3,4);;. The van der Waals surface area contributed by atoms with Crippen LogP contribution in [0.25, 0.3) is 43.1 Å². The number of fused-ring (bicyclic) bond motifs is 6. The molecule has 0 bridgehead atoms. The molecule has 0 atom stereocenters. The molecule has 0 amide bonds. The van der Waals surface area contributed by atoms with E-state index in [2.05, 4.69) is 90.7 Å². The molecule has 7 heteroatoms. The Balaban J connectivity index is 0.000000599. The summed E-state index contributed by atoms with van der Waals surface area (Å²) in [6.45, 7) is 0. The summed E-state index contributed by atoms with van der Waals surface area (Å²) in [7, 11) is 0. The first-order valence-corrected chi connectivity index (χ1v) is 12.1. The number of benzene rings is 6. The van der Waals surface area contributed by atoms with E-state index < -0.39 is 5.17 Å². The summed E-state index contributed by atoms with van der Waals surface area (Å²) in [5, 5.41) is 26.7. The molecule has 0 aromatic heterocycles. The van der Waals surface area contributed by atoms with Crippen LogP contribution in [0, 0.1) is 0 Å². The van der Waals surface area contributed by atoms with Crippen LogP contribution in [0.5, 0.6) is 0 Å². The minimum atomic E-state index is -0.500. The molecule has 0 radical (unpaired) electrons. The number of nitrogens with zero attached hydrogens (tertiary/aromatic N) is 1. The Bertz CT molecular complexity index is 1670. The normalized spacial score (nSPS) is 10.5. The first-order valence-electron chi connectivity index (χ1n) is 11.3. The van der Waals surface area contributed by atoms with Gasteiger partial charge in [0.05, 0.1) is 11.4 Å². The van der Waals surface area contributed by atoms with Crippen molar-refractivity contribution < 1.29 is 10.2 Å². The van der Waals surface area contributed by atoms with E-state index in [0.717, 1.165) is 32.9 Å². The molecule has 6 rings (SSSR count). The predicted octanol–water partition coefficient (Wildman–Crippen LogP) is 7.42. The van der Waals surface area contributed by atoms with Crippen molar-refractivity contribution in [3.8, 4) is 0 Å². The summed E-state index contributed by atoms with van der Waals surface area (Å²) in [6.07, 6.45) is 0. The van der Waals surface area contributed by atoms with Crippen molar-refractivity contribution >= 4 is 141 Å². The maximum atomic E-state index is 10.7. The summed E-state index contributed by atoms with van der Waals surface area (Å²) >= 11 is 9.25. The Hall–Kier alpha value is -2.62. The van der Waals surface area contributed by atoms with Crippen LogP contribution in [0.4, 0.5) is 11.4 Å². The average Bonchev–Trinajstić information content (AvgIpc) is 2.88. The molecule has 6 aromatic carbocycles. The molecule has 37 heavy (non-hydrogen) atoms. The second-order valence-electron chi connectivity index (χ2n) is 8.27. The van der Waals surface area contributed by atoms with Crippen molar-refractivity contribution in [1.29, 1.82) is 0 Å². The van der Waals surface area contributed by atoms with Gasteiger partial charge >= 0.3 is 51.4 Å². The number of hydrogen-bond donors (Lipinski definition) is 3. The van der Waals surface area contributed by atoms with Gasteiger partial charge in [0.25, 0.3) is 10.3 Å². The van der Waals surface area contributed by atoms with Gasteiger partial charge in [-0.3, -0.25) is 4.90 Å². The van der Waals surface area contributed by atoms with Crippen molar-refractivity contribution in [2.24, 2.45) is 5.73 Å². The van der Waals surface area contributed by atoms with Gasteiger partial charge in [0, 0.05) is 10.8 Å². The third-order valence-corrected chi connectivity index (χ3v) is 6.38. The topological polar surface area (TPSA) is 69.7 Å². The second-order valence-corrected chi connectivity index (χ2v) is 9.06. The van der Waals surface area contributed by atoms with Crippen LogP contribution in [-0.4, -0.2) is 71.9 Å². The zero-order chi connectivity index (χ0) is 25.2. The summed E-state index contributed by atoms with van der Waals surface area (Å²) in [5.41, 5.74) is 6.12. The van der Waals surface area contributed by atoms with Crippen LogP contribution in [0.3, 0.4) is 0 Å². The predicted molar refractivity (Wildman–Crippen MR) is 167 cm³/mol. The maximum absolute atomic E-state index is 10.7. The molecule has 4 N–H and O–H groups in total. The van der Waals surface area contributed by atoms with Gasteiger partial charge in [0.15, 0.2) is 0 Å². The Morgan fingerprint density at radius 3 is 1.30 bits per heavy atom. The third-order valence-electron chi connectivity index (χ3n) is 6.20. The van der Waals surface area contributed by atoms with E-state index in [1.165, 1.54) is 21.5 Å². The number of rotatable bonds is 2. The van der Waals surface area contributed by atoms with E-state index in [4.69, 9.17) is 17.3 Å². The third kappa shape index (κ3) is 5.49. The van der Waals surface area contributed by atoms with Crippen LogP contribution >= 0.6 is 24.4 Å². The summed E-state index contributed by atoms with van der Waals surface area (Å²) < 4.78 is 0. The SMILES string of the molecule is NC(O)=S.OC(=S)N(c1cccc2c1ccc1ccccc12)c1cccc2c1ccc1ccccc12.[KH]. The van der Waals surface area contributed by atoms with Crippen LogP contribution < -0.4 is 10.6 Å². The van der Waals surface area contributed by atoms with Gasteiger partial charge in [-0.25, -0.2) is 0 Å². The molecule has 0 fully saturated rings. The van der Waals surface area contributed by atoms with E-state index in [1.54, 1.807) is 4.90 Å². The number of hydrogen-bond acceptors (Lipinski definition) is 2. The fraction of sp³-hybridized carbons (Fsp3) is 0. The van der Waals surface area contributed by atoms with Crippen LogP contribution in [0.1, 0.15) is 0 Å². The van der Waals surface area contributed by atoms with E-state index in [-0.39, 0.29) is 56.6 Å². The quantitative estimate of drug-likeness (QED) is 0.119. The second kappa shape index (κ2) is 11.8. The number of nitrogens with two attached hydrogens (primary N) is 1. The van der Waals surface area contributed by atoms with Gasteiger partial charge in [-0.15, -0.1) is 0 Å². The summed E-state index contributed by atoms with van der Waals surface area (Å²) in [5.74, 6) is 0. The summed E-state index contributed by atoms with van der Waals surface area (Å²) in [6, 6.07) is 37.5. The van der Waals surface area contributed by atoms with Crippen LogP contribution in [-0.2, 0) is 0 Å². The first-order chi connectivity index (χ1) is 17.5. The Morgan fingerprint density at radius 2 is 0.892 bits per heavy atom. The van der Waals surface area contributed by atoms with Gasteiger partial charge in [-0.2, -0.15) is 0 Å². The number of aliphatic hydroxyl groups excluding tert-OH is 2. The fourth-order valence-corrected chi connectivity index (χ4v) is 4.97. The van der Waals surface area contributed by atoms with Gasteiger partial charge in [0.1, 0.15) is 0 Å². The minimum absolute atomic E-state index is 0. The molecule has 4 nitrogen and oxygen atoms in total. The first kappa shape index (κ1) is 27.4. The molecule has 0 spiro atoms. The number of aliphatic hydroxyl groups is 2. The van der Waals surface area contributed by atoms with Crippen molar-refractivity contribution in [1.82, 2.24) is 0 Å². The Morgan fingerprint density at radius 1 is 0.514 bits per heavy atom. The molecular formula is C30H23KN2O2S2. The zero-order valence-corrected chi connectivity index (χ0v) is 20.8. The van der Waals surface area contributed by atoms with Gasteiger partial charge in [-0.05, 0) is 68.9 Å². The molecule has 0 unspecified atom stereocenters. The van der Waals surface area contributed by atoms with E-state index >= 15 is 0 Å². The molecule has 0 aliphatic heterocycles. The van der Waals surface area contributed by atoms with Crippen molar-refractivity contribution in [2.75, 3.05) is 4.90 Å². The van der Waals surface area contributed by atoms with Crippen molar-refractivity contribution in [3.05, 3.63) is 109 Å². The Kier molecular flexibility index (Phi) is 8.77. The number of anilines is 2. The Labute approximate surface area is 267 Å². The molecule has 0 aliphatic rings. The molecular weight excluding hydrogens is 524 g/mol. The molecule has 0 heterocycles. The van der Waals surface area contributed by atoms with E-state index in [9.17, 15) is 5.11 Å². The fourth-order valence-electron chi connectivity index (χ4n) is 4.77. The summed E-state index contributed by atoms with van der Waals surface area (Å²) in [4.78, 5) is 1.78. The van der Waals surface area contributed by atoms with E-state index in [1.807, 2.05) is 36.4 Å². The molecule has 6 aromatic rings. The molecule has 0 aliphatic carbocycles. The van der Waals surface area contributed by atoms with Crippen LogP contribution in [0.2, 0.25) is 0 Å². The van der Waals surface area contributed by atoms with Crippen LogP contribution in [0.15, 0.2) is 109 Å². The molecule has 0 saturated heterocycles. The average molecular weight is 547 g/mol. The van der Waals surface area contributed by atoms with E-state index in [0.29, 0.717) is 0 Å².